The number of nitrogens with zero attached hydrogens (tertiary/aromatic N) is 2. The number of carbonyl (C=O) groups excluding carboxylic acids is 1. The van der Waals surface area contributed by atoms with Gasteiger partial charge in [-0.15, -0.1) is 0 Å². The maximum Gasteiger partial charge on any atom is 0.263 e. The molecule has 2 aliphatic heterocycles. The molecule has 2 unspecified atom stereocenters. The van der Waals surface area contributed by atoms with Gasteiger partial charge in [-0.05, 0) is 53.9 Å². The minimum Gasteiger partial charge on any atom is -0.480 e. The second-order valence-electron chi connectivity index (χ2n) is 7.11. The number of rotatable bonds is 4. The fourth-order valence-electron chi connectivity index (χ4n) is 3.57. The lowest BCUT2D eigenvalue weighted by molar-refractivity contribution is -0.140. The summed E-state index contributed by atoms with van der Waals surface area (Å²) in [4.78, 5) is 16.7. The van der Waals surface area contributed by atoms with Gasteiger partial charge in [0.15, 0.2) is 15.9 Å². The highest BCUT2D eigenvalue weighted by molar-refractivity contribution is 9.10. The molecule has 0 aliphatic carbocycles. The summed E-state index contributed by atoms with van der Waals surface area (Å²) in [6.45, 7) is 6.42. The smallest absolute Gasteiger partial charge is 0.263 e. The minimum atomic E-state index is -2.88. The van der Waals surface area contributed by atoms with Crippen molar-refractivity contribution in [3.63, 3.8) is 0 Å². The van der Waals surface area contributed by atoms with Gasteiger partial charge in [-0.25, -0.2) is 8.42 Å². The summed E-state index contributed by atoms with van der Waals surface area (Å²) in [7, 11) is -2.88. The van der Waals surface area contributed by atoms with Crippen LogP contribution in [0.25, 0.3) is 0 Å². The molecule has 1 aromatic rings. The third-order valence-corrected chi connectivity index (χ3v) is 7.46. The molecule has 0 aromatic heterocycles. The van der Waals surface area contributed by atoms with Crippen LogP contribution in [0.15, 0.2) is 22.7 Å². The van der Waals surface area contributed by atoms with Crippen LogP contribution in [-0.4, -0.2) is 74.0 Å². The van der Waals surface area contributed by atoms with E-state index in [2.05, 4.69) is 20.8 Å². The summed E-state index contributed by atoms with van der Waals surface area (Å²) >= 11 is 3.47. The first kappa shape index (κ1) is 19.6. The lowest BCUT2D eigenvalue weighted by Crippen LogP contribution is -2.54. The molecule has 0 bridgehead atoms. The molecule has 2 saturated heterocycles. The fourth-order valence-corrected chi connectivity index (χ4v) is 5.92. The number of ether oxygens (including phenoxy) is 1. The molecule has 144 valence electrons. The summed E-state index contributed by atoms with van der Waals surface area (Å²) in [5.74, 6) is 1.16. The summed E-state index contributed by atoms with van der Waals surface area (Å²) in [5, 5.41) is 0. The number of sulfone groups is 1. The van der Waals surface area contributed by atoms with E-state index in [0.717, 1.165) is 10.0 Å². The van der Waals surface area contributed by atoms with E-state index in [1.165, 1.54) is 0 Å². The average molecular weight is 445 g/mol. The Labute approximate surface area is 163 Å². The van der Waals surface area contributed by atoms with Crippen LogP contribution in [0.5, 0.6) is 5.75 Å². The second kappa shape index (κ2) is 7.86. The Morgan fingerprint density at radius 1 is 1.27 bits per heavy atom. The van der Waals surface area contributed by atoms with Crippen LogP contribution in [-0.2, 0) is 14.6 Å². The lowest BCUT2D eigenvalue weighted by atomic mass is 10.2. The zero-order chi connectivity index (χ0) is 18.9. The van der Waals surface area contributed by atoms with Crippen LogP contribution in [0.2, 0.25) is 0 Å². The van der Waals surface area contributed by atoms with Crippen molar-refractivity contribution in [2.75, 3.05) is 37.7 Å². The number of amides is 1. The predicted molar refractivity (Wildman–Crippen MR) is 104 cm³/mol. The number of halogens is 1. The monoisotopic (exact) mass is 444 g/mol. The zero-order valence-corrected chi connectivity index (χ0v) is 17.6. The molecular weight excluding hydrogens is 420 g/mol. The van der Waals surface area contributed by atoms with Crippen molar-refractivity contribution < 1.29 is 17.9 Å². The first-order valence-electron chi connectivity index (χ1n) is 8.91. The van der Waals surface area contributed by atoms with Gasteiger partial charge >= 0.3 is 0 Å². The van der Waals surface area contributed by atoms with Crippen molar-refractivity contribution in [1.82, 2.24) is 9.80 Å². The molecule has 6 nitrogen and oxygen atoms in total. The molecule has 26 heavy (non-hydrogen) atoms. The molecule has 3 rings (SSSR count). The maximum absolute atomic E-state index is 12.7. The van der Waals surface area contributed by atoms with Crippen LogP contribution >= 0.6 is 15.9 Å². The highest BCUT2D eigenvalue weighted by atomic mass is 79.9. The number of piperazine rings is 1. The third kappa shape index (κ3) is 4.58. The van der Waals surface area contributed by atoms with Gasteiger partial charge in [-0.3, -0.25) is 9.69 Å². The Hall–Kier alpha value is -1.12. The van der Waals surface area contributed by atoms with Crippen molar-refractivity contribution >= 4 is 31.7 Å². The van der Waals surface area contributed by atoms with E-state index in [4.69, 9.17) is 4.74 Å². The summed E-state index contributed by atoms with van der Waals surface area (Å²) in [5.41, 5.74) is 1.12. The van der Waals surface area contributed by atoms with E-state index in [1.807, 2.05) is 30.0 Å². The van der Waals surface area contributed by atoms with Gasteiger partial charge in [-0.2, -0.15) is 0 Å². The molecular formula is C18H25BrN2O4S. The van der Waals surface area contributed by atoms with Crippen molar-refractivity contribution in [2.24, 2.45) is 0 Å². The second-order valence-corrected chi connectivity index (χ2v) is 10.2. The Kier molecular flexibility index (Phi) is 5.94. The summed E-state index contributed by atoms with van der Waals surface area (Å²) in [6.07, 6.45) is 0.143. The number of carbonyl (C=O) groups is 1. The topological polar surface area (TPSA) is 66.9 Å². The van der Waals surface area contributed by atoms with Crippen LogP contribution in [0, 0.1) is 6.92 Å². The zero-order valence-electron chi connectivity index (χ0n) is 15.2. The number of aryl methyl sites for hydroxylation is 1. The normalized spacial score (nSPS) is 24.4. The average Bonchev–Trinajstić information content (AvgIpc) is 2.97. The SMILES string of the molecule is Cc1ccc(OC(C)C(=O)N2CCN(C3CCS(=O)(=O)C3)CC2)c(Br)c1. The molecule has 2 atom stereocenters. The molecule has 0 spiro atoms. The van der Waals surface area contributed by atoms with Gasteiger partial charge in [0.05, 0.1) is 16.0 Å². The number of hydrogen-bond donors (Lipinski definition) is 0. The van der Waals surface area contributed by atoms with E-state index in [1.54, 1.807) is 6.92 Å². The summed E-state index contributed by atoms with van der Waals surface area (Å²) < 4.78 is 30.0. The van der Waals surface area contributed by atoms with Gasteiger partial charge in [0.1, 0.15) is 5.75 Å². The highest BCUT2D eigenvalue weighted by Crippen LogP contribution is 2.27. The van der Waals surface area contributed by atoms with Gasteiger partial charge in [0.2, 0.25) is 0 Å². The fraction of sp³-hybridized carbons (Fsp3) is 0.611. The first-order valence-corrected chi connectivity index (χ1v) is 11.5. The van der Waals surface area contributed by atoms with Crippen LogP contribution in [0.4, 0.5) is 0 Å². The molecule has 0 radical (unpaired) electrons. The van der Waals surface area contributed by atoms with E-state index in [9.17, 15) is 13.2 Å². The number of hydrogen-bond acceptors (Lipinski definition) is 5. The third-order valence-electron chi connectivity index (χ3n) is 5.09. The van der Waals surface area contributed by atoms with E-state index < -0.39 is 15.9 Å². The van der Waals surface area contributed by atoms with E-state index in [-0.39, 0.29) is 23.5 Å². The molecule has 1 amide bonds. The molecule has 2 heterocycles. The van der Waals surface area contributed by atoms with Crippen LogP contribution in [0.3, 0.4) is 0 Å². The molecule has 8 heteroatoms. The lowest BCUT2D eigenvalue weighted by Gasteiger charge is -2.38. The van der Waals surface area contributed by atoms with Crippen LogP contribution < -0.4 is 4.74 Å². The minimum absolute atomic E-state index is 0.0313. The van der Waals surface area contributed by atoms with Crippen molar-refractivity contribution in [2.45, 2.75) is 32.4 Å². The Morgan fingerprint density at radius 2 is 1.96 bits per heavy atom. The molecule has 0 saturated carbocycles. The standard InChI is InChI=1S/C18H25BrN2O4S/c1-13-3-4-17(16(19)11-13)25-14(2)18(22)21-8-6-20(7-9-21)15-5-10-26(23,24)12-15/h3-4,11,14-15H,5-10,12H2,1-2H3. The van der Waals surface area contributed by atoms with Crippen molar-refractivity contribution in [3.05, 3.63) is 28.2 Å². The molecule has 0 N–H and O–H groups in total. The van der Waals surface area contributed by atoms with Gasteiger partial charge in [-0.1, -0.05) is 6.07 Å². The highest BCUT2D eigenvalue weighted by Gasteiger charge is 2.35. The summed E-state index contributed by atoms with van der Waals surface area (Å²) in [6, 6.07) is 5.88. The Bertz CT molecular complexity index is 775. The maximum atomic E-state index is 12.7. The van der Waals surface area contributed by atoms with E-state index in [0.29, 0.717) is 38.3 Å². The molecule has 1 aromatic carbocycles. The number of benzene rings is 1. The Morgan fingerprint density at radius 3 is 2.54 bits per heavy atom. The van der Waals surface area contributed by atoms with Gasteiger partial charge in [0, 0.05) is 32.2 Å². The van der Waals surface area contributed by atoms with Gasteiger partial charge in [0.25, 0.3) is 5.91 Å². The van der Waals surface area contributed by atoms with Crippen LogP contribution in [0.1, 0.15) is 18.9 Å². The van der Waals surface area contributed by atoms with Crippen molar-refractivity contribution in [3.8, 4) is 5.75 Å². The van der Waals surface area contributed by atoms with Gasteiger partial charge < -0.3 is 9.64 Å². The molecule has 2 fully saturated rings. The first-order chi connectivity index (χ1) is 12.2. The quantitative estimate of drug-likeness (QED) is 0.708. The van der Waals surface area contributed by atoms with Crippen molar-refractivity contribution in [1.29, 1.82) is 0 Å². The van der Waals surface area contributed by atoms with E-state index >= 15 is 0 Å². The largest absolute Gasteiger partial charge is 0.480 e. The Balaban J connectivity index is 1.53. The molecule has 2 aliphatic rings. The predicted octanol–water partition coefficient (Wildman–Crippen LogP) is 1.86.